The Kier molecular flexibility index (Phi) is 2.47. The lowest BCUT2D eigenvalue weighted by Crippen LogP contribution is -2.43. The molecule has 1 aromatic carbocycles. The number of fused-ring (bicyclic) bond motifs is 2. The number of hydrogen-bond donors (Lipinski definition) is 2. The second-order valence-corrected chi connectivity index (χ2v) is 5.58. The molecule has 80 valence electrons. The van der Waals surface area contributed by atoms with E-state index < -0.39 is 0 Å². The smallest absolute Gasteiger partial charge is 0.0840 e. The number of nitrogens with one attached hydrogen (secondary N) is 1. The molecule has 2 aliphatic heterocycles. The normalized spacial score (nSPS) is 34.3. The van der Waals surface area contributed by atoms with Gasteiger partial charge in [-0.25, -0.2) is 0 Å². The molecule has 15 heavy (non-hydrogen) atoms. The Morgan fingerprint density at radius 2 is 2.20 bits per heavy atom. The summed E-state index contributed by atoms with van der Waals surface area (Å²) >= 11 is 1.92. The molecule has 1 fully saturated rings. The van der Waals surface area contributed by atoms with Gasteiger partial charge in [0.25, 0.3) is 0 Å². The molecule has 1 aromatic rings. The van der Waals surface area contributed by atoms with Gasteiger partial charge in [-0.05, 0) is 24.6 Å². The van der Waals surface area contributed by atoms with Crippen molar-refractivity contribution in [1.82, 2.24) is 5.32 Å². The van der Waals surface area contributed by atoms with Crippen molar-refractivity contribution in [2.75, 3.05) is 13.1 Å². The van der Waals surface area contributed by atoms with E-state index in [4.69, 9.17) is 0 Å². The Bertz CT molecular complexity index is 368. The van der Waals surface area contributed by atoms with Gasteiger partial charge in [-0.3, -0.25) is 0 Å². The van der Waals surface area contributed by atoms with Gasteiger partial charge < -0.3 is 10.4 Å². The molecule has 2 heterocycles. The van der Waals surface area contributed by atoms with Gasteiger partial charge in [-0.1, -0.05) is 18.2 Å². The van der Waals surface area contributed by atoms with E-state index in [2.05, 4.69) is 23.5 Å². The monoisotopic (exact) mass is 221 g/mol. The zero-order valence-electron chi connectivity index (χ0n) is 8.52. The third-order valence-electron chi connectivity index (χ3n) is 3.40. The number of hydrogen-bond acceptors (Lipinski definition) is 3. The fourth-order valence-corrected chi connectivity index (χ4v) is 4.04. The van der Waals surface area contributed by atoms with Gasteiger partial charge >= 0.3 is 0 Å². The zero-order valence-corrected chi connectivity index (χ0v) is 9.33. The number of thioether (sulfide) groups is 1. The van der Waals surface area contributed by atoms with Crippen molar-refractivity contribution in [3.8, 4) is 0 Å². The van der Waals surface area contributed by atoms with Gasteiger partial charge in [0, 0.05) is 22.6 Å². The number of rotatable bonds is 0. The topological polar surface area (TPSA) is 32.3 Å². The average molecular weight is 221 g/mol. The van der Waals surface area contributed by atoms with Gasteiger partial charge in [0.2, 0.25) is 0 Å². The van der Waals surface area contributed by atoms with Crippen molar-refractivity contribution >= 4 is 11.8 Å². The highest BCUT2D eigenvalue weighted by Crippen LogP contribution is 2.46. The molecule has 3 rings (SSSR count). The predicted octanol–water partition coefficient (Wildman–Crippen LogP) is 1.80. The molecule has 0 spiro atoms. The first-order chi connectivity index (χ1) is 7.36. The highest BCUT2D eigenvalue weighted by Gasteiger charge is 2.37. The van der Waals surface area contributed by atoms with E-state index in [1.54, 1.807) is 0 Å². The predicted molar refractivity (Wildman–Crippen MR) is 62.0 cm³/mol. The third kappa shape index (κ3) is 1.59. The highest BCUT2D eigenvalue weighted by molar-refractivity contribution is 8.00. The molecule has 0 saturated carbocycles. The summed E-state index contributed by atoms with van der Waals surface area (Å²) in [5, 5.41) is 14.3. The molecule has 0 aromatic heterocycles. The third-order valence-corrected chi connectivity index (χ3v) is 4.84. The summed E-state index contributed by atoms with van der Waals surface area (Å²) in [4.78, 5) is 1.26. The molecule has 3 atom stereocenters. The summed E-state index contributed by atoms with van der Waals surface area (Å²) in [6.07, 6.45) is 0.835. The van der Waals surface area contributed by atoms with E-state index in [9.17, 15) is 5.11 Å². The van der Waals surface area contributed by atoms with Crippen LogP contribution in [0.4, 0.5) is 0 Å². The summed E-state index contributed by atoms with van der Waals surface area (Å²) in [6.45, 7) is 2.07. The van der Waals surface area contributed by atoms with Crippen LogP contribution in [0.15, 0.2) is 29.2 Å². The Hall–Kier alpha value is -0.510. The lowest BCUT2D eigenvalue weighted by Gasteiger charge is -2.39. The quantitative estimate of drug-likeness (QED) is 0.700. The SMILES string of the molecule is OC1c2ccccc2SC2CNCCC21. The largest absolute Gasteiger partial charge is 0.388 e. The van der Waals surface area contributed by atoms with E-state index in [0.717, 1.165) is 25.1 Å². The molecular weight excluding hydrogens is 206 g/mol. The Balaban J connectivity index is 1.98. The van der Waals surface area contributed by atoms with Crippen molar-refractivity contribution in [3.63, 3.8) is 0 Å². The van der Waals surface area contributed by atoms with Crippen LogP contribution in [0.5, 0.6) is 0 Å². The van der Waals surface area contributed by atoms with Gasteiger partial charge in [0.15, 0.2) is 0 Å². The molecule has 2 N–H and O–H groups in total. The van der Waals surface area contributed by atoms with Crippen LogP contribution >= 0.6 is 11.8 Å². The molecule has 0 amide bonds. The van der Waals surface area contributed by atoms with Crippen LogP contribution in [0.3, 0.4) is 0 Å². The van der Waals surface area contributed by atoms with Crippen LogP contribution in [-0.2, 0) is 0 Å². The minimum absolute atomic E-state index is 0.255. The maximum absolute atomic E-state index is 10.3. The van der Waals surface area contributed by atoms with Gasteiger partial charge in [0.05, 0.1) is 6.10 Å². The summed E-state index contributed by atoms with van der Waals surface area (Å²) in [6, 6.07) is 8.25. The van der Waals surface area contributed by atoms with E-state index in [-0.39, 0.29) is 6.10 Å². The summed E-state index contributed by atoms with van der Waals surface area (Å²) < 4.78 is 0. The van der Waals surface area contributed by atoms with Crippen molar-refractivity contribution in [1.29, 1.82) is 0 Å². The maximum atomic E-state index is 10.3. The summed E-state index contributed by atoms with van der Waals surface area (Å²) in [7, 11) is 0. The molecule has 3 unspecified atom stereocenters. The lowest BCUT2D eigenvalue weighted by molar-refractivity contribution is 0.0871. The first kappa shape index (κ1) is 9.70. The highest BCUT2D eigenvalue weighted by atomic mass is 32.2. The minimum atomic E-state index is -0.255. The standard InChI is InChI=1S/C12H15NOS/c14-12-8-3-1-2-4-10(8)15-11-7-13-6-5-9(11)12/h1-4,9,11-14H,5-7H2. The van der Waals surface area contributed by atoms with Crippen LogP contribution in [-0.4, -0.2) is 23.4 Å². The van der Waals surface area contributed by atoms with Crippen molar-refractivity contribution in [2.45, 2.75) is 22.7 Å². The van der Waals surface area contributed by atoms with E-state index in [0.29, 0.717) is 11.2 Å². The van der Waals surface area contributed by atoms with Crippen molar-refractivity contribution < 1.29 is 5.11 Å². The number of aliphatic hydroxyl groups excluding tert-OH is 1. The van der Waals surface area contributed by atoms with Gasteiger partial charge in [0.1, 0.15) is 0 Å². The summed E-state index contributed by atoms with van der Waals surface area (Å²) in [5.74, 6) is 0.436. The molecule has 3 heteroatoms. The fourth-order valence-electron chi connectivity index (χ4n) is 2.57. The van der Waals surface area contributed by atoms with Crippen LogP contribution in [0.2, 0.25) is 0 Å². The molecular formula is C12H15NOS. The van der Waals surface area contributed by atoms with Crippen LogP contribution in [0.1, 0.15) is 18.1 Å². The fraction of sp³-hybridized carbons (Fsp3) is 0.500. The first-order valence-corrected chi connectivity index (χ1v) is 6.38. The van der Waals surface area contributed by atoms with E-state index >= 15 is 0 Å². The number of piperidine rings is 1. The van der Waals surface area contributed by atoms with Crippen molar-refractivity contribution in [3.05, 3.63) is 29.8 Å². The average Bonchev–Trinajstić information content (AvgIpc) is 2.30. The van der Waals surface area contributed by atoms with Crippen LogP contribution < -0.4 is 5.32 Å². The second-order valence-electron chi connectivity index (χ2n) is 4.30. The molecule has 2 nitrogen and oxygen atoms in total. The van der Waals surface area contributed by atoms with E-state index in [1.165, 1.54) is 4.90 Å². The van der Waals surface area contributed by atoms with Gasteiger partial charge in [-0.2, -0.15) is 0 Å². The number of aliphatic hydroxyl groups is 1. The number of benzene rings is 1. The minimum Gasteiger partial charge on any atom is -0.388 e. The zero-order chi connectivity index (χ0) is 10.3. The van der Waals surface area contributed by atoms with Gasteiger partial charge in [-0.15, -0.1) is 11.8 Å². The van der Waals surface area contributed by atoms with Crippen molar-refractivity contribution in [2.24, 2.45) is 5.92 Å². The molecule has 2 aliphatic rings. The maximum Gasteiger partial charge on any atom is 0.0840 e. The lowest BCUT2D eigenvalue weighted by atomic mass is 9.87. The molecule has 0 bridgehead atoms. The summed E-state index contributed by atoms with van der Waals surface area (Å²) in [5.41, 5.74) is 1.13. The second kappa shape index (κ2) is 3.81. The molecule has 0 aliphatic carbocycles. The van der Waals surface area contributed by atoms with Crippen LogP contribution in [0.25, 0.3) is 0 Å². The Morgan fingerprint density at radius 3 is 3.13 bits per heavy atom. The Labute approximate surface area is 94.1 Å². The molecule has 1 saturated heterocycles. The molecule has 0 radical (unpaired) electrons. The first-order valence-electron chi connectivity index (χ1n) is 5.50. The Morgan fingerprint density at radius 1 is 1.33 bits per heavy atom. The van der Waals surface area contributed by atoms with Crippen LogP contribution in [0, 0.1) is 5.92 Å². The van der Waals surface area contributed by atoms with E-state index in [1.807, 2.05) is 17.8 Å².